The van der Waals surface area contributed by atoms with Gasteiger partial charge >= 0.3 is 0 Å². The van der Waals surface area contributed by atoms with Crippen molar-refractivity contribution in [1.29, 1.82) is 0 Å². The summed E-state index contributed by atoms with van der Waals surface area (Å²) in [6.45, 7) is 5.55. The number of para-hydroxylation sites is 1. The quantitative estimate of drug-likeness (QED) is 0.871. The number of fused-ring (bicyclic) bond motifs is 1. The minimum Gasteiger partial charge on any atom is -0.486 e. The zero-order valence-corrected chi connectivity index (χ0v) is 11.2. The predicted octanol–water partition coefficient (Wildman–Crippen LogP) is 3.32. The average Bonchev–Trinajstić information content (AvgIpc) is 2.37. The number of benzene rings is 1. The zero-order chi connectivity index (χ0) is 13.0. The molecule has 1 unspecified atom stereocenters. The van der Waals surface area contributed by atoms with Crippen LogP contribution < -0.4 is 9.47 Å². The molecular weight excluding hydrogens is 228 g/mol. The van der Waals surface area contributed by atoms with Gasteiger partial charge in [0.05, 0.1) is 6.10 Å². The van der Waals surface area contributed by atoms with Crippen LogP contribution in [0.3, 0.4) is 0 Å². The second-order valence-corrected chi connectivity index (χ2v) is 5.21. The maximum Gasteiger partial charge on any atom is 0.167 e. The molecule has 1 aliphatic rings. The highest BCUT2D eigenvalue weighted by Crippen LogP contribution is 2.38. The molecule has 0 amide bonds. The van der Waals surface area contributed by atoms with Crippen LogP contribution in [-0.4, -0.2) is 18.3 Å². The molecule has 100 valence electrons. The number of aliphatic hydroxyl groups excluding tert-OH is 1. The first-order chi connectivity index (χ1) is 8.68. The van der Waals surface area contributed by atoms with Gasteiger partial charge in [-0.3, -0.25) is 0 Å². The molecule has 3 nitrogen and oxygen atoms in total. The number of ether oxygens (including phenoxy) is 2. The molecule has 1 N–H and O–H groups in total. The third kappa shape index (κ3) is 3.16. The smallest absolute Gasteiger partial charge is 0.167 e. The van der Waals surface area contributed by atoms with Gasteiger partial charge in [-0.2, -0.15) is 0 Å². The second-order valence-electron chi connectivity index (χ2n) is 5.21. The van der Waals surface area contributed by atoms with Crippen molar-refractivity contribution in [3.63, 3.8) is 0 Å². The summed E-state index contributed by atoms with van der Waals surface area (Å²) in [5.41, 5.74) is 0.857. The van der Waals surface area contributed by atoms with Crippen molar-refractivity contribution >= 4 is 0 Å². The topological polar surface area (TPSA) is 38.7 Å². The van der Waals surface area contributed by atoms with E-state index in [0.29, 0.717) is 19.1 Å². The number of rotatable bonds is 5. The molecule has 3 heteroatoms. The molecule has 1 aliphatic heterocycles. The Balaban J connectivity index is 2.03. The van der Waals surface area contributed by atoms with Crippen LogP contribution in [0, 0.1) is 5.92 Å². The molecule has 0 saturated carbocycles. The van der Waals surface area contributed by atoms with Crippen LogP contribution in [0.25, 0.3) is 0 Å². The molecule has 0 spiro atoms. The monoisotopic (exact) mass is 250 g/mol. The highest BCUT2D eigenvalue weighted by atomic mass is 16.6. The SMILES string of the molecule is CC(C)CCCC(O)c1cccc2c1OCCO2. The van der Waals surface area contributed by atoms with E-state index < -0.39 is 6.10 Å². The number of hydrogen-bond acceptors (Lipinski definition) is 3. The summed E-state index contributed by atoms with van der Waals surface area (Å²) in [6, 6.07) is 5.72. The van der Waals surface area contributed by atoms with Crippen molar-refractivity contribution in [2.75, 3.05) is 13.2 Å². The van der Waals surface area contributed by atoms with Gasteiger partial charge < -0.3 is 14.6 Å². The van der Waals surface area contributed by atoms with E-state index in [0.717, 1.165) is 36.3 Å². The minimum atomic E-state index is -0.458. The van der Waals surface area contributed by atoms with E-state index in [4.69, 9.17) is 9.47 Å². The summed E-state index contributed by atoms with van der Waals surface area (Å²) in [5.74, 6) is 2.16. The van der Waals surface area contributed by atoms with E-state index in [2.05, 4.69) is 13.8 Å². The van der Waals surface area contributed by atoms with E-state index in [-0.39, 0.29) is 0 Å². The number of hydrogen-bond donors (Lipinski definition) is 1. The lowest BCUT2D eigenvalue weighted by molar-refractivity contribution is 0.138. The van der Waals surface area contributed by atoms with Crippen molar-refractivity contribution in [3.8, 4) is 11.5 Å². The van der Waals surface area contributed by atoms with Gasteiger partial charge in [-0.15, -0.1) is 0 Å². The van der Waals surface area contributed by atoms with E-state index in [1.807, 2.05) is 18.2 Å². The van der Waals surface area contributed by atoms with Crippen molar-refractivity contribution in [2.24, 2.45) is 5.92 Å². The molecule has 0 saturated heterocycles. The molecule has 1 heterocycles. The molecule has 1 aromatic rings. The Labute approximate surface area is 109 Å². The Hall–Kier alpha value is -1.22. The maximum absolute atomic E-state index is 10.3. The van der Waals surface area contributed by atoms with Crippen LogP contribution in [0.1, 0.15) is 44.8 Å². The van der Waals surface area contributed by atoms with Crippen LogP contribution >= 0.6 is 0 Å². The molecule has 2 rings (SSSR count). The van der Waals surface area contributed by atoms with Gasteiger partial charge in [0.2, 0.25) is 0 Å². The van der Waals surface area contributed by atoms with Crippen LogP contribution in [-0.2, 0) is 0 Å². The summed E-state index contributed by atoms with van der Waals surface area (Å²) in [5, 5.41) is 10.3. The average molecular weight is 250 g/mol. The fourth-order valence-electron chi connectivity index (χ4n) is 2.23. The molecule has 18 heavy (non-hydrogen) atoms. The highest BCUT2D eigenvalue weighted by molar-refractivity contribution is 5.48. The van der Waals surface area contributed by atoms with Crippen molar-refractivity contribution in [1.82, 2.24) is 0 Å². The Morgan fingerprint density at radius 1 is 1.17 bits per heavy atom. The molecule has 0 aliphatic carbocycles. The van der Waals surface area contributed by atoms with Gasteiger partial charge in [-0.1, -0.05) is 38.8 Å². The first kappa shape index (κ1) is 13.2. The van der Waals surface area contributed by atoms with E-state index in [1.54, 1.807) is 0 Å². The van der Waals surface area contributed by atoms with Gasteiger partial charge in [0, 0.05) is 5.56 Å². The first-order valence-corrected chi connectivity index (χ1v) is 6.75. The zero-order valence-electron chi connectivity index (χ0n) is 11.2. The fraction of sp³-hybridized carbons (Fsp3) is 0.600. The highest BCUT2D eigenvalue weighted by Gasteiger charge is 2.20. The molecule has 1 atom stereocenters. The third-order valence-electron chi connectivity index (χ3n) is 3.21. The minimum absolute atomic E-state index is 0.458. The Morgan fingerprint density at radius 2 is 1.94 bits per heavy atom. The van der Waals surface area contributed by atoms with E-state index >= 15 is 0 Å². The largest absolute Gasteiger partial charge is 0.486 e. The summed E-state index contributed by atoms with van der Waals surface area (Å²) in [4.78, 5) is 0. The van der Waals surface area contributed by atoms with Gasteiger partial charge in [0.15, 0.2) is 11.5 Å². The Morgan fingerprint density at radius 3 is 2.72 bits per heavy atom. The fourth-order valence-corrected chi connectivity index (χ4v) is 2.23. The third-order valence-corrected chi connectivity index (χ3v) is 3.21. The molecule has 0 bridgehead atoms. The van der Waals surface area contributed by atoms with Gasteiger partial charge in [0.25, 0.3) is 0 Å². The lowest BCUT2D eigenvalue weighted by Gasteiger charge is -2.23. The molecular formula is C15H22O3. The second kappa shape index (κ2) is 6.10. The lowest BCUT2D eigenvalue weighted by Crippen LogP contribution is -2.17. The van der Waals surface area contributed by atoms with E-state index in [1.165, 1.54) is 0 Å². The van der Waals surface area contributed by atoms with Gasteiger partial charge in [-0.05, 0) is 18.4 Å². The van der Waals surface area contributed by atoms with Crippen LogP contribution in [0.15, 0.2) is 18.2 Å². The predicted molar refractivity (Wildman–Crippen MR) is 71.1 cm³/mol. The van der Waals surface area contributed by atoms with Crippen molar-refractivity contribution in [3.05, 3.63) is 23.8 Å². The summed E-state index contributed by atoms with van der Waals surface area (Å²) in [7, 11) is 0. The standard InChI is InChI=1S/C15H22O3/c1-11(2)5-3-7-13(16)12-6-4-8-14-15(12)18-10-9-17-14/h4,6,8,11,13,16H,3,5,7,9-10H2,1-2H3. The Bertz CT molecular complexity index is 387. The van der Waals surface area contributed by atoms with Crippen molar-refractivity contribution in [2.45, 2.75) is 39.2 Å². The van der Waals surface area contributed by atoms with Crippen LogP contribution in [0.4, 0.5) is 0 Å². The molecule has 0 radical (unpaired) electrons. The molecule has 1 aromatic carbocycles. The van der Waals surface area contributed by atoms with Gasteiger partial charge in [-0.25, -0.2) is 0 Å². The summed E-state index contributed by atoms with van der Waals surface area (Å²) >= 11 is 0. The maximum atomic E-state index is 10.3. The van der Waals surface area contributed by atoms with Crippen LogP contribution in [0.5, 0.6) is 11.5 Å². The normalized spacial score (nSPS) is 15.8. The van der Waals surface area contributed by atoms with Crippen LogP contribution in [0.2, 0.25) is 0 Å². The van der Waals surface area contributed by atoms with Crippen molar-refractivity contribution < 1.29 is 14.6 Å². The van der Waals surface area contributed by atoms with Gasteiger partial charge in [0.1, 0.15) is 13.2 Å². The lowest BCUT2D eigenvalue weighted by atomic mass is 9.99. The molecule has 0 fully saturated rings. The summed E-state index contributed by atoms with van der Waals surface area (Å²) < 4.78 is 11.1. The van der Waals surface area contributed by atoms with E-state index in [9.17, 15) is 5.11 Å². The Kier molecular flexibility index (Phi) is 4.48. The number of aliphatic hydroxyl groups is 1. The first-order valence-electron chi connectivity index (χ1n) is 6.75. The summed E-state index contributed by atoms with van der Waals surface area (Å²) in [6.07, 6.45) is 2.49. The molecule has 0 aromatic heterocycles.